The van der Waals surface area contributed by atoms with E-state index < -0.39 is 17.2 Å². The minimum absolute atomic E-state index is 0.166. The Labute approximate surface area is 131 Å². The molecule has 1 aliphatic heterocycles. The van der Waals surface area contributed by atoms with Crippen LogP contribution in [0.4, 0.5) is 4.79 Å². The van der Waals surface area contributed by atoms with Crippen LogP contribution in [-0.4, -0.2) is 53.6 Å². The first-order valence-electron chi connectivity index (χ1n) is 7.59. The van der Waals surface area contributed by atoms with Crippen molar-refractivity contribution in [2.24, 2.45) is 0 Å². The number of morpholine rings is 1. The van der Waals surface area contributed by atoms with Gasteiger partial charge in [-0.3, -0.25) is 4.90 Å². The number of amides is 1. The van der Waals surface area contributed by atoms with Crippen molar-refractivity contribution in [3.63, 3.8) is 0 Å². The highest BCUT2D eigenvalue weighted by molar-refractivity contribution is 5.69. The summed E-state index contributed by atoms with van der Waals surface area (Å²) in [5.74, 6) is 0. The maximum atomic E-state index is 12.5. The molecule has 1 atom stereocenters. The third kappa shape index (κ3) is 3.99. The van der Waals surface area contributed by atoms with Crippen LogP contribution in [-0.2, 0) is 15.9 Å². The summed E-state index contributed by atoms with van der Waals surface area (Å²) in [6.45, 7) is 6.52. The SMILES string of the molecule is CC(C)(C)OC(=O)N1CCOCC1(CO)Cc1ccccc1. The molecule has 5 heteroatoms. The van der Waals surface area contributed by atoms with Crippen molar-refractivity contribution in [3.8, 4) is 0 Å². The lowest BCUT2D eigenvalue weighted by molar-refractivity contribution is -0.0928. The zero-order chi connectivity index (χ0) is 16.2. The zero-order valence-corrected chi connectivity index (χ0v) is 13.5. The topological polar surface area (TPSA) is 59.0 Å². The minimum Gasteiger partial charge on any atom is -0.444 e. The summed E-state index contributed by atoms with van der Waals surface area (Å²) in [7, 11) is 0. The number of hydrogen-bond acceptors (Lipinski definition) is 4. The fourth-order valence-electron chi connectivity index (χ4n) is 2.64. The van der Waals surface area contributed by atoms with Crippen molar-refractivity contribution in [3.05, 3.63) is 35.9 Å². The van der Waals surface area contributed by atoms with Gasteiger partial charge in [0.2, 0.25) is 0 Å². The third-order valence-corrected chi connectivity index (χ3v) is 3.69. The monoisotopic (exact) mass is 307 g/mol. The number of carbonyl (C=O) groups excluding carboxylic acids is 1. The van der Waals surface area contributed by atoms with Gasteiger partial charge in [-0.05, 0) is 26.3 Å². The van der Waals surface area contributed by atoms with E-state index in [2.05, 4.69) is 0 Å². The molecule has 1 N–H and O–H groups in total. The summed E-state index contributed by atoms with van der Waals surface area (Å²) in [6.07, 6.45) is 0.129. The highest BCUT2D eigenvalue weighted by Gasteiger charge is 2.43. The predicted molar refractivity (Wildman–Crippen MR) is 83.7 cm³/mol. The maximum absolute atomic E-state index is 12.5. The van der Waals surface area contributed by atoms with Gasteiger partial charge in [0.1, 0.15) is 5.60 Å². The van der Waals surface area contributed by atoms with E-state index in [4.69, 9.17) is 9.47 Å². The highest BCUT2D eigenvalue weighted by Crippen LogP contribution is 2.27. The first-order chi connectivity index (χ1) is 10.4. The van der Waals surface area contributed by atoms with Crippen LogP contribution in [0.25, 0.3) is 0 Å². The second-order valence-electron chi connectivity index (χ2n) is 6.73. The average molecular weight is 307 g/mol. The van der Waals surface area contributed by atoms with Crippen LogP contribution in [0.2, 0.25) is 0 Å². The van der Waals surface area contributed by atoms with Crippen molar-refractivity contribution in [1.29, 1.82) is 0 Å². The quantitative estimate of drug-likeness (QED) is 0.930. The van der Waals surface area contributed by atoms with Gasteiger partial charge in [0.05, 0.1) is 25.4 Å². The van der Waals surface area contributed by atoms with Crippen LogP contribution in [0.1, 0.15) is 26.3 Å². The van der Waals surface area contributed by atoms with Crippen LogP contribution in [0, 0.1) is 0 Å². The van der Waals surface area contributed by atoms with Gasteiger partial charge in [0.25, 0.3) is 0 Å². The van der Waals surface area contributed by atoms with Crippen molar-refractivity contribution < 1.29 is 19.4 Å². The van der Waals surface area contributed by atoms with Crippen LogP contribution >= 0.6 is 0 Å². The van der Waals surface area contributed by atoms with E-state index in [1.165, 1.54) is 0 Å². The molecule has 1 aliphatic rings. The molecule has 1 amide bonds. The van der Waals surface area contributed by atoms with Crippen LogP contribution in [0.15, 0.2) is 30.3 Å². The van der Waals surface area contributed by atoms with Crippen LogP contribution < -0.4 is 0 Å². The Morgan fingerprint density at radius 3 is 2.64 bits per heavy atom. The summed E-state index contributed by atoms with van der Waals surface area (Å²) in [5, 5.41) is 9.99. The van der Waals surface area contributed by atoms with E-state index >= 15 is 0 Å². The Morgan fingerprint density at radius 2 is 2.05 bits per heavy atom. The number of nitrogens with zero attached hydrogens (tertiary/aromatic N) is 1. The van der Waals surface area contributed by atoms with Gasteiger partial charge in [-0.1, -0.05) is 30.3 Å². The van der Waals surface area contributed by atoms with Crippen molar-refractivity contribution in [2.45, 2.75) is 38.3 Å². The Morgan fingerprint density at radius 1 is 1.36 bits per heavy atom. The number of benzene rings is 1. The molecule has 122 valence electrons. The van der Waals surface area contributed by atoms with E-state index in [0.717, 1.165) is 5.56 Å². The van der Waals surface area contributed by atoms with Gasteiger partial charge in [0.15, 0.2) is 0 Å². The number of carbonyl (C=O) groups is 1. The summed E-state index contributed by atoms with van der Waals surface area (Å²) >= 11 is 0. The number of hydrogen-bond donors (Lipinski definition) is 1. The molecule has 0 saturated carbocycles. The molecule has 5 nitrogen and oxygen atoms in total. The Hall–Kier alpha value is -1.59. The molecule has 0 spiro atoms. The van der Waals surface area contributed by atoms with Crippen molar-refractivity contribution in [1.82, 2.24) is 4.90 Å². The van der Waals surface area contributed by atoms with Gasteiger partial charge in [-0.15, -0.1) is 0 Å². The van der Waals surface area contributed by atoms with E-state index in [-0.39, 0.29) is 6.61 Å². The molecule has 22 heavy (non-hydrogen) atoms. The summed E-state index contributed by atoms with van der Waals surface area (Å²) in [6, 6.07) is 9.81. The second-order valence-corrected chi connectivity index (χ2v) is 6.73. The number of aliphatic hydroxyl groups excluding tert-OH is 1. The smallest absolute Gasteiger partial charge is 0.411 e. The lowest BCUT2D eigenvalue weighted by Crippen LogP contribution is -2.63. The molecule has 1 aromatic carbocycles. The van der Waals surface area contributed by atoms with Gasteiger partial charge in [-0.25, -0.2) is 4.79 Å². The molecule has 1 aromatic rings. The lowest BCUT2D eigenvalue weighted by atomic mass is 9.89. The summed E-state index contributed by atoms with van der Waals surface area (Å²) in [5.41, 5.74) is -0.291. The van der Waals surface area contributed by atoms with Crippen molar-refractivity contribution >= 4 is 6.09 Å². The Bertz CT molecular complexity index is 497. The summed E-state index contributed by atoms with van der Waals surface area (Å²) < 4.78 is 11.0. The highest BCUT2D eigenvalue weighted by atomic mass is 16.6. The fraction of sp³-hybridized carbons (Fsp3) is 0.588. The first-order valence-corrected chi connectivity index (χ1v) is 7.59. The fourth-order valence-corrected chi connectivity index (χ4v) is 2.64. The van der Waals surface area contributed by atoms with Crippen molar-refractivity contribution in [2.75, 3.05) is 26.4 Å². The number of aliphatic hydroxyl groups is 1. The largest absolute Gasteiger partial charge is 0.444 e. The van der Waals surface area contributed by atoms with E-state index in [1.54, 1.807) is 4.90 Å². The molecule has 0 bridgehead atoms. The molecule has 0 aliphatic carbocycles. The standard InChI is InChI=1S/C17H25NO4/c1-16(2,3)22-15(20)18-9-10-21-13-17(18,12-19)11-14-7-5-4-6-8-14/h4-8,19H,9-13H2,1-3H3. The van der Waals surface area contributed by atoms with E-state index in [9.17, 15) is 9.90 Å². The average Bonchev–Trinajstić information content (AvgIpc) is 2.47. The van der Waals surface area contributed by atoms with Gasteiger partial charge in [-0.2, -0.15) is 0 Å². The molecule has 1 heterocycles. The van der Waals surface area contributed by atoms with Gasteiger partial charge in [0, 0.05) is 13.0 Å². The Balaban J connectivity index is 2.23. The lowest BCUT2D eigenvalue weighted by Gasteiger charge is -2.45. The molecule has 1 saturated heterocycles. The third-order valence-electron chi connectivity index (χ3n) is 3.69. The number of ether oxygens (including phenoxy) is 2. The molecular weight excluding hydrogens is 282 g/mol. The first kappa shape index (κ1) is 16.8. The predicted octanol–water partition coefficient (Wildman–Crippen LogP) is 2.23. The maximum Gasteiger partial charge on any atom is 0.411 e. The summed E-state index contributed by atoms with van der Waals surface area (Å²) in [4.78, 5) is 14.1. The Kier molecular flexibility index (Phi) is 5.08. The number of rotatable bonds is 3. The van der Waals surface area contributed by atoms with Crippen LogP contribution in [0.3, 0.4) is 0 Å². The van der Waals surface area contributed by atoms with Crippen LogP contribution in [0.5, 0.6) is 0 Å². The van der Waals surface area contributed by atoms with Gasteiger partial charge < -0.3 is 14.6 Å². The van der Waals surface area contributed by atoms with Gasteiger partial charge >= 0.3 is 6.09 Å². The molecule has 1 unspecified atom stereocenters. The molecule has 1 fully saturated rings. The molecule has 2 rings (SSSR count). The van der Waals surface area contributed by atoms with E-state index in [0.29, 0.717) is 26.2 Å². The normalized spacial score (nSPS) is 22.5. The molecular formula is C17H25NO4. The minimum atomic E-state index is -0.776. The zero-order valence-electron chi connectivity index (χ0n) is 13.5. The molecule has 0 aromatic heterocycles. The second kappa shape index (κ2) is 6.67. The van der Waals surface area contributed by atoms with E-state index in [1.807, 2.05) is 51.1 Å². The molecule has 0 radical (unpaired) electrons.